The second-order valence-corrected chi connectivity index (χ2v) is 6.20. The van der Waals surface area contributed by atoms with Crippen molar-refractivity contribution in [3.63, 3.8) is 0 Å². The first kappa shape index (κ1) is 15.6. The summed E-state index contributed by atoms with van der Waals surface area (Å²) in [7, 11) is 0. The number of rotatable bonds is 5. The second kappa shape index (κ2) is 6.42. The van der Waals surface area contributed by atoms with Crippen molar-refractivity contribution in [2.45, 2.75) is 18.9 Å². The molecule has 0 aromatic heterocycles. The molecule has 4 nitrogen and oxygen atoms in total. The summed E-state index contributed by atoms with van der Waals surface area (Å²) in [5.74, 6) is -0.513. The molecule has 0 fully saturated rings. The number of hydrogen-bond acceptors (Lipinski definition) is 2. The Hall–Kier alpha value is -2.33. The van der Waals surface area contributed by atoms with E-state index >= 15 is 0 Å². The molecule has 1 aliphatic rings. The van der Waals surface area contributed by atoms with E-state index in [0.29, 0.717) is 18.1 Å². The summed E-state index contributed by atoms with van der Waals surface area (Å²) in [5, 5.41) is 0.635. The van der Waals surface area contributed by atoms with Gasteiger partial charge >= 0.3 is 0 Å². The van der Waals surface area contributed by atoms with Crippen molar-refractivity contribution in [1.82, 2.24) is 4.90 Å². The van der Waals surface area contributed by atoms with E-state index in [1.807, 2.05) is 36.4 Å². The standard InChI is InChI=1S/C18H17ClN2O2/c19-15-7-5-12(6-8-15)14(9-17(20)22)11-21-10-13-3-1-2-4-16(13)18(21)23/h1-8,14H,9-11H2,(H2,20,22). The average molecular weight is 329 g/mol. The van der Waals surface area contributed by atoms with E-state index in [9.17, 15) is 9.59 Å². The lowest BCUT2D eigenvalue weighted by molar-refractivity contribution is -0.118. The summed E-state index contributed by atoms with van der Waals surface area (Å²) >= 11 is 5.92. The number of halogens is 1. The lowest BCUT2D eigenvalue weighted by Gasteiger charge is -2.23. The van der Waals surface area contributed by atoms with E-state index in [4.69, 9.17) is 17.3 Å². The number of benzene rings is 2. The van der Waals surface area contributed by atoms with Gasteiger partial charge in [-0.15, -0.1) is 0 Å². The Bertz CT molecular complexity index is 743. The van der Waals surface area contributed by atoms with Crippen LogP contribution in [-0.2, 0) is 11.3 Å². The Labute approximate surface area is 139 Å². The van der Waals surface area contributed by atoms with Crippen LogP contribution < -0.4 is 5.73 Å². The molecule has 2 N–H and O–H groups in total. The lowest BCUT2D eigenvalue weighted by Crippen LogP contribution is -2.31. The van der Waals surface area contributed by atoms with Gasteiger partial charge in [0.2, 0.25) is 5.91 Å². The number of fused-ring (bicyclic) bond motifs is 1. The van der Waals surface area contributed by atoms with Gasteiger partial charge in [-0.25, -0.2) is 0 Å². The van der Waals surface area contributed by atoms with Crippen LogP contribution in [0.5, 0.6) is 0 Å². The van der Waals surface area contributed by atoms with E-state index in [1.165, 1.54) is 0 Å². The van der Waals surface area contributed by atoms with E-state index < -0.39 is 0 Å². The van der Waals surface area contributed by atoms with Crippen LogP contribution in [0.25, 0.3) is 0 Å². The van der Waals surface area contributed by atoms with Gasteiger partial charge in [0.15, 0.2) is 0 Å². The largest absolute Gasteiger partial charge is 0.370 e. The molecule has 1 unspecified atom stereocenters. The number of carbonyl (C=O) groups is 2. The molecule has 2 amide bonds. The van der Waals surface area contributed by atoms with Gasteiger partial charge in [0.1, 0.15) is 0 Å². The first-order chi connectivity index (χ1) is 11.0. The van der Waals surface area contributed by atoms with Gasteiger partial charge < -0.3 is 10.6 Å². The molecule has 2 aromatic rings. The molecule has 3 rings (SSSR count). The number of hydrogen-bond donors (Lipinski definition) is 1. The lowest BCUT2D eigenvalue weighted by atomic mass is 9.95. The molecule has 1 atom stereocenters. The van der Waals surface area contributed by atoms with Crippen molar-refractivity contribution in [2.24, 2.45) is 5.73 Å². The van der Waals surface area contributed by atoms with Gasteiger partial charge in [0, 0.05) is 36.0 Å². The summed E-state index contributed by atoms with van der Waals surface area (Å²) < 4.78 is 0. The predicted octanol–water partition coefficient (Wildman–Crippen LogP) is 2.96. The minimum absolute atomic E-state index is 0.00374. The molecule has 0 saturated heterocycles. The van der Waals surface area contributed by atoms with E-state index in [0.717, 1.165) is 16.7 Å². The summed E-state index contributed by atoms with van der Waals surface area (Å²) in [6.45, 7) is 1.02. The zero-order chi connectivity index (χ0) is 16.4. The van der Waals surface area contributed by atoms with Crippen molar-refractivity contribution in [2.75, 3.05) is 6.54 Å². The highest BCUT2D eigenvalue weighted by atomic mass is 35.5. The highest BCUT2D eigenvalue weighted by Gasteiger charge is 2.29. The molecule has 0 saturated carbocycles. The molecule has 0 radical (unpaired) electrons. The number of nitrogens with zero attached hydrogens (tertiary/aromatic N) is 1. The Balaban J connectivity index is 1.81. The minimum Gasteiger partial charge on any atom is -0.370 e. The van der Waals surface area contributed by atoms with Crippen molar-refractivity contribution < 1.29 is 9.59 Å². The maximum absolute atomic E-state index is 12.5. The van der Waals surface area contributed by atoms with Crippen LogP contribution in [0.3, 0.4) is 0 Å². The average Bonchev–Trinajstić information content (AvgIpc) is 2.84. The number of nitrogens with two attached hydrogens (primary N) is 1. The number of amides is 2. The highest BCUT2D eigenvalue weighted by molar-refractivity contribution is 6.30. The Kier molecular flexibility index (Phi) is 4.35. The summed E-state index contributed by atoms with van der Waals surface area (Å²) in [4.78, 5) is 25.7. The van der Waals surface area contributed by atoms with Crippen LogP contribution in [0, 0.1) is 0 Å². The SMILES string of the molecule is NC(=O)CC(CN1Cc2ccccc2C1=O)c1ccc(Cl)cc1. The molecule has 1 heterocycles. The van der Waals surface area contributed by atoms with Crippen LogP contribution in [0.1, 0.15) is 33.8 Å². The Morgan fingerprint density at radius 1 is 1.17 bits per heavy atom. The molecule has 0 aliphatic carbocycles. The molecule has 5 heteroatoms. The second-order valence-electron chi connectivity index (χ2n) is 5.76. The first-order valence-electron chi connectivity index (χ1n) is 7.45. The third-order valence-electron chi connectivity index (χ3n) is 4.13. The van der Waals surface area contributed by atoms with Gasteiger partial charge in [-0.2, -0.15) is 0 Å². The molecular formula is C18H17ClN2O2. The zero-order valence-electron chi connectivity index (χ0n) is 12.5. The van der Waals surface area contributed by atoms with Gasteiger partial charge in [0.25, 0.3) is 5.91 Å². The topological polar surface area (TPSA) is 63.4 Å². The van der Waals surface area contributed by atoms with Gasteiger partial charge in [-0.05, 0) is 29.3 Å². The Morgan fingerprint density at radius 2 is 1.87 bits per heavy atom. The van der Waals surface area contributed by atoms with E-state index in [2.05, 4.69) is 0 Å². The fourth-order valence-electron chi connectivity index (χ4n) is 2.99. The fraction of sp³-hybridized carbons (Fsp3) is 0.222. The van der Waals surface area contributed by atoms with Crippen LogP contribution in [0.15, 0.2) is 48.5 Å². The monoisotopic (exact) mass is 328 g/mol. The number of primary amides is 1. The van der Waals surface area contributed by atoms with Crippen molar-refractivity contribution in [1.29, 1.82) is 0 Å². The van der Waals surface area contributed by atoms with E-state index in [-0.39, 0.29) is 24.2 Å². The molecule has 0 bridgehead atoms. The molecule has 118 valence electrons. The quantitative estimate of drug-likeness (QED) is 0.917. The van der Waals surface area contributed by atoms with E-state index in [1.54, 1.807) is 17.0 Å². The molecule has 23 heavy (non-hydrogen) atoms. The molecule has 1 aliphatic heterocycles. The van der Waals surface area contributed by atoms with Gasteiger partial charge in [-0.3, -0.25) is 9.59 Å². The number of carbonyl (C=O) groups excluding carboxylic acids is 2. The van der Waals surface area contributed by atoms with Crippen LogP contribution >= 0.6 is 11.6 Å². The van der Waals surface area contributed by atoms with Gasteiger partial charge in [-0.1, -0.05) is 41.9 Å². The molecular weight excluding hydrogens is 312 g/mol. The molecule has 2 aromatic carbocycles. The third-order valence-corrected chi connectivity index (χ3v) is 4.38. The van der Waals surface area contributed by atoms with Crippen LogP contribution in [0.2, 0.25) is 5.02 Å². The molecule has 0 spiro atoms. The summed E-state index contributed by atoms with van der Waals surface area (Å²) in [6, 6.07) is 14.9. The summed E-state index contributed by atoms with van der Waals surface area (Å²) in [6.07, 6.45) is 0.196. The zero-order valence-corrected chi connectivity index (χ0v) is 13.3. The first-order valence-corrected chi connectivity index (χ1v) is 7.83. The minimum atomic E-state index is -0.380. The van der Waals surface area contributed by atoms with Crippen molar-refractivity contribution in [3.05, 3.63) is 70.2 Å². The van der Waals surface area contributed by atoms with Crippen LogP contribution in [0.4, 0.5) is 0 Å². The maximum atomic E-state index is 12.5. The predicted molar refractivity (Wildman–Crippen MR) is 89.2 cm³/mol. The van der Waals surface area contributed by atoms with Crippen LogP contribution in [-0.4, -0.2) is 23.3 Å². The maximum Gasteiger partial charge on any atom is 0.254 e. The van der Waals surface area contributed by atoms with Crippen molar-refractivity contribution in [3.8, 4) is 0 Å². The third kappa shape index (κ3) is 3.37. The van der Waals surface area contributed by atoms with Gasteiger partial charge in [0.05, 0.1) is 0 Å². The normalized spacial score (nSPS) is 14.7. The van der Waals surface area contributed by atoms with Crippen molar-refractivity contribution >= 4 is 23.4 Å². The Morgan fingerprint density at radius 3 is 2.52 bits per heavy atom. The smallest absolute Gasteiger partial charge is 0.254 e. The summed E-state index contributed by atoms with van der Waals surface area (Å²) in [5.41, 5.74) is 8.10. The highest BCUT2D eigenvalue weighted by Crippen LogP contribution is 2.28. The fourth-order valence-corrected chi connectivity index (χ4v) is 3.12.